The highest BCUT2D eigenvalue weighted by molar-refractivity contribution is 7.71. The summed E-state index contributed by atoms with van der Waals surface area (Å²) in [4.78, 5) is 3.07. The van der Waals surface area contributed by atoms with Gasteiger partial charge in [0.15, 0.2) is 4.77 Å². The number of fused-ring (bicyclic) bond motifs is 1. The summed E-state index contributed by atoms with van der Waals surface area (Å²) in [5, 5.41) is 2.40. The van der Waals surface area contributed by atoms with Gasteiger partial charge in [0.2, 0.25) is 0 Å². The molecule has 20 heavy (non-hydrogen) atoms. The van der Waals surface area contributed by atoms with E-state index in [1.807, 2.05) is 4.68 Å². The maximum Gasteiger partial charge on any atom is 0.197 e. The predicted molar refractivity (Wildman–Crippen MR) is 83.1 cm³/mol. The Kier molecular flexibility index (Phi) is 3.50. The fourth-order valence-corrected chi connectivity index (χ4v) is 3.58. The van der Waals surface area contributed by atoms with Crippen LogP contribution in [0.15, 0.2) is 12.1 Å². The highest BCUT2D eigenvalue weighted by atomic mass is 35.5. The molecule has 1 aliphatic rings. The zero-order chi connectivity index (χ0) is 14.4. The standard InChI is InChI=1S/C14H17ClFN3S/c1-8-4-3-5-9(2)18(8)19-13-6-10(15)11(16)7-12(13)17-14(19)20/h6-9H,3-5H2,1-2H3,(H,17,20). The summed E-state index contributed by atoms with van der Waals surface area (Å²) < 4.78 is 16.1. The largest absolute Gasteiger partial charge is 0.329 e. The molecule has 3 nitrogen and oxygen atoms in total. The number of aromatic nitrogens is 2. The molecule has 0 aliphatic carbocycles. The second kappa shape index (κ2) is 5.04. The van der Waals surface area contributed by atoms with E-state index in [-0.39, 0.29) is 5.02 Å². The van der Waals surface area contributed by atoms with Crippen molar-refractivity contribution in [3.8, 4) is 0 Å². The fourth-order valence-electron chi connectivity index (χ4n) is 3.12. The lowest BCUT2D eigenvalue weighted by Gasteiger charge is -2.41. The molecule has 1 aliphatic heterocycles. The van der Waals surface area contributed by atoms with Gasteiger partial charge in [-0.15, -0.1) is 0 Å². The van der Waals surface area contributed by atoms with Crippen LogP contribution in [0.4, 0.5) is 4.39 Å². The number of hydrogen-bond acceptors (Lipinski definition) is 2. The van der Waals surface area contributed by atoms with E-state index in [1.54, 1.807) is 6.07 Å². The monoisotopic (exact) mass is 313 g/mol. The number of halogens is 2. The number of rotatable bonds is 1. The van der Waals surface area contributed by atoms with Gasteiger partial charge in [-0.3, -0.25) is 0 Å². The van der Waals surface area contributed by atoms with Crippen LogP contribution in [0.2, 0.25) is 5.02 Å². The van der Waals surface area contributed by atoms with Gasteiger partial charge >= 0.3 is 0 Å². The first kappa shape index (κ1) is 13.9. The summed E-state index contributed by atoms with van der Waals surface area (Å²) in [5.74, 6) is -0.428. The number of nitrogens with zero attached hydrogens (tertiary/aromatic N) is 2. The van der Waals surface area contributed by atoms with Crippen LogP contribution >= 0.6 is 23.8 Å². The summed E-state index contributed by atoms with van der Waals surface area (Å²) in [6, 6.07) is 3.84. The molecule has 6 heteroatoms. The zero-order valence-corrected chi connectivity index (χ0v) is 13.1. The van der Waals surface area contributed by atoms with Crippen molar-refractivity contribution >= 4 is 34.9 Å². The van der Waals surface area contributed by atoms with Gasteiger partial charge in [-0.05, 0) is 51.4 Å². The van der Waals surface area contributed by atoms with Gasteiger partial charge in [-0.1, -0.05) is 11.6 Å². The van der Waals surface area contributed by atoms with E-state index >= 15 is 0 Å². The highest BCUT2D eigenvalue weighted by Crippen LogP contribution is 2.27. The summed E-state index contributed by atoms with van der Waals surface area (Å²) in [7, 11) is 0. The molecule has 108 valence electrons. The van der Waals surface area contributed by atoms with Gasteiger partial charge < -0.3 is 9.99 Å². The van der Waals surface area contributed by atoms with Gasteiger partial charge in [0.25, 0.3) is 0 Å². The van der Waals surface area contributed by atoms with Gasteiger partial charge in [-0.25, -0.2) is 9.07 Å². The Balaban J connectivity index is 2.22. The van der Waals surface area contributed by atoms with Crippen molar-refractivity contribution in [2.75, 3.05) is 5.01 Å². The molecule has 0 radical (unpaired) electrons. The van der Waals surface area contributed by atoms with E-state index in [4.69, 9.17) is 23.8 Å². The number of aromatic amines is 1. The molecule has 2 aromatic rings. The van der Waals surface area contributed by atoms with Crippen LogP contribution in [0.3, 0.4) is 0 Å². The van der Waals surface area contributed by atoms with Crippen molar-refractivity contribution in [3.05, 3.63) is 27.7 Å². The van der Waals surface area contributed by atoms with Gasteiger partial charge in [-0.2, -0.15) is 0 Å². The lowest BCUT2D eigenvalue weighted by Crippen LogP contribution is -2.51. The molecule has 1 aromatic heterocycles. The minimum Gasteiger partial charge on any atom is -0.329 e. The Morgan fingerprint density at radius 2 is 1.95 bits per heavy atom. The topological polar surface area (TPSA) is 24.0 Å². The van der Waals surface area contributed by atoms with Gasteiger partial charge in [0.1, 0.15) is 5.82 Å². The maximum atomic E-state index is 13.6. The summed E-state index contributed by atoms with van der Waals surface area (Å²) >= 11 is 11.4. The third kappa shape index (κ3) is 2.13. The summed E-state index contributed by atoms with van der Waals surface area (Å²) in [6.45, 7) is 4.39. The third-order valence-corrected chi connectivity index (χ3v) is 4.64. The Hall–Kier alpha value is -1.07. The lowest BCUT2D eigenvalue weighted by molar-refractivity contribution is 0.339. The molecule has 0 spiro atoms. The lowest BCUT2D eigenvalue weighted by atomic mass is 10.00. The smallest absolute Gasteiger partial charge is 0.197 e. The Labute approximate surface area is 127 Å². The normalized spacial score (nSPS) is 23.5. The van der Waals surface area contributed by atoms with Crippen molar-refractivity contribution in [1.29, 1.82) is 0 Å². The second-order valence-electron chi connectivity index (χ2n) is 5.53. The van der Waals surface area contributed by atoms with Crippen LogP contribution in [0.25, 0.3) is 11.0 Å². The third-order valence-electron chi connectivity index (χ3n) is 4.08. The first-order valence-corrected chi connectivity index (χ1v) is 7.66. The van der Waals surface area contributed by atoms with Crippen LogP contribution in [0.1, 0.15) is 33.1 Å². The fraction of sp³-hybridized carbons (Fsp3) is 0.500. The molecule has 2 atom stereocenters. The first-order chi connectivity index (χ1) is 9.49. The number of nitrogens with one attached hydrogen (secondary N) is 1. The summed E-state index contributed by atoms with van der Waals surface area (Å²) in [5.41, 5.74) is 1.52. The molecular formula is C14H17ClFN3S. The van der Waals surface area contributed by atoms with Crippen LogP contribution in [-0.2, 0) is 0 Å². The van der Waals surface area contributed by atoms with Crippen molar-refractivity contribution in [3.63, 3.8) is 0 Å². The minimum absolute atomic E-state index is 0.123. The van der Waals surface area contributed by atoms with Crippen molar-refractivity contribution in [1.82, 2.24) is 9.66 Å². The average molecular weight is 314 g/mol. The highest BCUT2D eigenvalue weighted by Gasteiger charge is 2.27. The van der Waals surface area contributed by atoms with E-state index in [1.165, 1.54) is 12.5 Å². The minimum atomic E-state index is -0.428. The molecule has 0 saturated carbocycles. The van der Waals surface area contributed by atoms with E-state index in [9.17, 15) is 4.39 Å². The van der Waals surface area contributed by atoms with Gasteiger partial charge in [0, 0.05) is 18.2 Å². The Morgan fingerprint density at radius 1 is 1.30 bits per heavy atom. The number of imidazole rings is 1. The molecule has 1 N–H and O–H groups in total. The van der Waals surface area contributed by atoms with Gasteiger partial charge in [0.05, 0.1) is 16.1 Å². The van der Waals surface area contributed by atoms with Crippen molar-refractivity contribution < 1.29 is 4.39 Å². The van der Waals surface area contributed by atoms with Crippen LogP contribution < -0.4 is 5.01 Å². The number of hydrogen-bond donors (Lipinski definition) is 1. The molecule has 1 fully saturated rings. The SMILES string of the molecule is CC1CCCC(C)N1n1c(=S)[nH]c2cc(F)c(Cl)cc21. The second-order valence-corrected chi connectivity index (χ2v) is 6.33. The van der Waals surface area contributed by atoms with Crippen LogP contribution in [0.5, 0.6) is 0 Å². The Bertz CT molecular complexity index is 698. The van der Waals surface area contributed by atoms with Crippen LogP contribution in [0, 0.1) is 10.6 Å². The maximum absolute atomic E-state index is 13.6. The van der Waals surface area contributed by atoms with Crippen molar-refractivity contribution in [2.24, 2.45) is 0 Å². The Morgan fingerprint density at radius 3 is 2.60 bits per heavy atom. The van der Waals surface area contributed by atoms with E-state index < -0.39 is 5.82 Å². The number of piperidine rings is 1. The molecule has 0 bridgehead atoms. The van der Waals surface area contributed by atoms with Crippen LogP contribution in [-0.4, -0.2) is 21.7 Å². The number of H-pyrrole nitrogens is 1. The number of benzene rings is 1. The molecule has 2 unspecified atom stereocenters. The van der Waals surface area contributed by atoms with E-state index in [0.717, 1.165) is 18.4 Å². The molecule has 3 rings (SSSR count). The molecule has 0 amide bonds. The first-order valence-electron chi connectivity index (χ1n) is 6.87. The van der Waals surface area contributed by atoms with E-state index in [0.29, 0.717) is 22.4 Å². The van der Waals surface area contributed by atoms with Crippen molar-refractivity contribution in [2.45, 2.75) is 45.2 Å². The molecule has 1 aromatic carbocycles. The zero-order valence-electron chi connectivity index (χ0n) is 11.5. The molecule has 1 saturated heterocycles. The average Bonchev–Trinajstić information content (AvgIpc) is 2.67. The quantitative estimate of drug-likeness (QED) is 0.789. The summed E-state index contributed by atoms with van der Waals surface area (Å²) in [6.07, 6.45) is 3.49. The predicted octanol–water partition coefficient (Wildman–Crippen LogP) is 4.39. The molecular weight excluding hydrogens is 297 g/mol. The van der Waals surface area contributed by atoms with E-state index in [2.05, 4.69) is 23.8 Å². The molecule has 2 heterocycles.